The number of imidazole rings is 1. The minimum atomic E-state index is -1.03. The summed E-state index contributed by atoms with van der Waals surface area (Å²) in [5, 5.41) is 10.6. The molecule has 7 nitrogen and oxygen atoms in total. The number of aromatic carboxylic acids is 1. The molecule has 152 valence electrons. The predicted molar refractivity (Wildman–Crippen MR) is 111 cm³/mol. The van der Waals surface area contributed by atoms with Gasteiger partial charge < -0.3 is 14.7 Å². The van der Waals surface area contributed by atoms with Crippen LogP contribution in [0, 0.1) is 12.7 Å². The number of ether oxygens (including phenoxy) is 1. The number of anilines is 1. The lowest BCUT2D eigenvalue weighted by Gasteiger charge is -2.29. The zero-order valence-electron chi connectivity index (χ0n) is 16.3. The Labute approximate surface area is 171 Å². The first-order valence-corrected chi connectivity index (χ1v) is 9.66. The fraction of sp³-hybridized carbons (Fsp3) is 0.227. The second-order valence-electron chi connectivity index (χ2n) is 7.25. The maximum Gasteiger partial charge on any atom is 0.338 e. The number of nitrogens with zero attached hydrogens (tertiary/aromatic N) is 4. The van der Waals surface area contributed by atoms with Crippen molar-refractivity contribution in [2.45, 2.75) is 6.92 Å². The zero-order valence-corrected chi connectivity index (χ0v) is 16.3. The number of aromatic nitrogens is 3. The Bertz CT molecular complexity index is 1290. The molecule has 1 fully saturated rings. The van der Waals surface area contributed by atoms with Gasteiger partial charge in [-0.25, -0.2) is 14.2 Å². The number of aryl methyl sites for hydroxylation is 1. The van der Waals surface area contributed by atoms with Crippen LogP contribution in [0.5, 0.6) is 0 Å². The van der Waals surface area contributed by atoms with Gasteiger partial charge in [0.1, 0.15) is 17.2 Å². The molecule has 0 spiro atoms. The second-order valence-corrected chi connectivity index (χ2v) is 7.25. The topological polar surface area (TPSA) is 80.5 Å². The Morgan fingerprint density at radius 1 is 1.17 bits per heavy atom. The molecule has 0 aliphatic carbocycles. The highest BCUT2D eigenvalue weighted by molar-refractivity contribution is 6.04. The van der Waals surface area contributed by atoms with E-state index in [1.165, 1.54) is 12.1 Å². The summed E-state index contributed by atoms with van der Waals surface area (Å²) in [5.41, 5.74) is 3.37. The molecular weight excluding hydrogens is 387 g/mol. The third-order valence-electron chi connectivity index (χ3n) is 5.44. The molecule has 3 heterocycles. The van der Waals surface area contributed by atoms with Crippen LogP contribution in [-0.4, -0.2) is 51.9 Å². The number of halogens is 1. The zero-order chi connectivity index (χ0) is 20.8. The predicted octanol–water partition coefficient (Wildman–Crippen LogP) is 3.56. The number of carbonyl (C=O) groups is 1. The second kappa shape index (κ2) is 7.07. The van der Waals surface area contributed by atoms with Gasteiger partial charge in [-0.05, 0) is 37.3 Å². The molecule has 0 amide bonds. The molecule has 4 aromatic rings. The molecule has 2 aromatic heterocycles. The lowest BCUT2D eigenvalue weighted by Crippen LogP contribution is -2.36. The number of morpholine rings is 1. The van der Waals surface area contributed by atoms with Crippen molar-refractivity contribution in [1.82, 2.24) is 14.5 Å². The highest BCUT2D eigenvalue weighted by Crippen LogP contribution is 2.32. The van der Waals surface area contributed by atoms with Crippen LogP contribution in [0.25, 0.3) is 27.6 Å². The Hall–Kier alpha value is -3.52. The monoisotopic (exact) mass is 406 g/mol. The fourth-order valence-corrected chi connectivity index (χ4v) is 4.05. The van der Waals surface area contributed by atoms with Crippen LogP contribution in [-0.2, 0) is 4.74 Å². The molecule has 8 heteroatoms. The van der Waals surface area contributed by atoms with Crippen molar-refractivity contribution in [3.63, 3.8) is 0 Å². The quantitative estimate of drug-likeness (QED) is 0.560. The highest BCUT2D eigenvalue weighted by Gasteiger charge is 2.22. The minimum Gasteiger partial charge on any atom is -0.478 e. The van der Waals surface area contributed by atoms with Crippen molar-refractivity contribution < 1.29 is 19.0 Å². The molecule has 0 unspecified atom stereocenters. The maximum atomic E-state index is 13.7. The average molecular weight is 406 g/mol. The van der Waals surface area contributed by atoms with Crippen LogP contribution >= 0.6 is 0 Å². The Morgan fingerprint density at radius 3 is 2.73 bits per heavy atom. The van der Waals surface area contributed by atoms with Crippen molar-refractivity contribution in [2.75, 3.05) is 31.2 Å². The largest absolute Gasteiger partial charge is 0.478 e. The van der Waals surface area contributed by atoms with E-state index < -0.39 is 5.97 Å². The summed E-state index contributed by atoms with van der Waals surface area (Å²) in [6, 6.07) is 9.92. The molecule has 1 aliphatic heterocycles. The standard InChI is InChI=1S/C22H19FN4O3/c1-13-25-21-17(22(28)29)11-15(26-6-8-30-9-7-26)12-20(21)27(13)19-4-5-24-18-10-14(23)2-3-16(18)19/h2-5,10-12H,6-9H2,1H3,(H,28,29). The summed E-state index contributed by atoms with van der Waals surface area (Å²) >= 11 is 0. The summed E-state index contributed by atoms with van der Waals surface area (Å²) in [5.74, 6) is -0.744. The molecule has 1 N–H and O–H groups in total. The van der Waals surface area contributed by atoms with Gasteiger partial charge >= 0.3 is 5.97 Å². The number of rotatable bonds is 3. The highest BCUT2D eigenvalue weighted by atomic mass is 19.1. The van der Waals surface area contributed by atoms with E-state index in [2.05, 4.69) is 14.9 Å². The summed E-state index contributed by atoms with van der Waals surface area (Å²) in [4.78, 5) is 23.0. The van der Waals surface area contributed by atoms with Gasteiger partial charge in [0.25, 0.3) is 0 Å². The van der Waals surface area contributed by atoms with Gasteiger partial charge in [-0.1, -0.05) is 0 Å². The van der Waals surface area contributed by atoms with E-state index in [0.717, 1.165) is 16.8 Å². The average Bonchev–Trinajstić information content (AvgIpc) is 3.08. The first-order chi connectivity index (χ1) is 14.5. The number of carboxylic acids is 1. The van der Waals surface area contributed by atoms with Crippen LogP contribution < -0.4 is 4.90 Å². The van der Waals surface area contributed by atoms with Gasteiger partial charge in [-0.3, -0.25) is 9.55 Å². The molecule has 0 radical (unpaired) electrons. The minimum absolute atomic E-state index is 0.153. The third kappa shape index (κ3) is 2.96. The molecule has 30 heavy (non-hydrogen) atoms. The van der Waals surface area contributed by atoms with Crippen LogP contribution in [0.15, 0.2) is 42.6 Å². The van der Waals surface area contributed by atoms with E-state index >= 15 is 0 Å². The van der Waals surface area contributed by atoms with Gasteiger partial charge in [0.05, 0.1) is 35.5 Å². The van der Waals surface area contributed by atoms with E-state index in [-0.39, 0.29) is 11.4 Å². The van der Waals surface area contributed by atoms with Gasteiger partial charge in [0.15, 0.2) is 0 Å². The summed E-state index contributed by atoms with van der Waals surface area (Å²) in [7, 11) is 0. The van der Waals surface area contributed by atoms with Crippen LogP contribution in [0.1, 0.15) is 16.2 Å². The molecule has 5 rings (SSSR count). The first-order valence-electron chi connectivity index (χ1n) is 9.66. The summed E-state index contributed by atoms with van der Waals surface area (Å²) in [6.45, 7) is 4.40. The van der Waals surface area contributed by atoms with E-state index in [0.29, 0.717) is 48.7 Å². The SMILES string of the molecule is Cc1nc2c(C(=O)O)cc(N3CCOCC3)cc2n1-c1ccnc2cc(F)ccc12. The van der Waals surface area contributed by atoms with Crippen molar-refractivity contribution in [3.8, 4) is 5.69 Å². The van der Waals surface area contributed by atoms with Gasteiger partial charge in [0.2, 0.25) is 0 Å². The lowest BCUT2D eigenvalue weighted by molar-refractivity contribution is 0.0699. The smallest absolute Gasteiger partial charge is 0.338 e. The Morgan fingerprint density at radius 2 is 1.97 bits per heavy atom. The molecule has 0 bridgehead atoms. The molecule has 0 atom stereocenters. The summed E-state index contributed by atoms with van der Waals surface area (Å²) < 4.78 is 21.0. The van der Waals surface area contributed by atoms with Crippen molar-refractivity contribution in [1.29, 1.82) is 0 Å². The Kier molecular flexibility index (Phi) is 4.36. The van der Waals surface area contributed by atoms with Crippen LogP contribution in [0.4, 0.5) is 10.1 Å². The van der Waals surface area contributed by atoms with E-state index in [1.807, 2.05) is 23.6 Å². The number of pyridine rings is 1. The molecule has 0 saturated carbocycles. The van der Waals surface area contributed by atoms with Crippen molar-refractivity contribution in [3.05, 3.63) is 59.8 Å². The lowest BCUT2D eigenvalue weighted by atomic mass is 10.1. The number of hydrogen-bond acceptors (Lipinski definition) is 5. The number of benzene rings is 2. The molecular formula is C22H19FN4O3. The normalized spacial score (nSPS) is 14.5. The summed E-state index contributed by atoms with van der Waals surface area (Å²) in [6.07, 6.45) is 1.62. The fourth-order valence-electron chi connectivity index (χ4n) is 4.05. The molecule has 1 aliphatic rings. The van der Waals surface area contributed by atoms with Gasteiger partial charge in [-0.2, -0.15) is 0 Å². The number of carboxylic acid groups (broad SMARTS) is 1. The third-order valence-corrected chi connectivity index (χ3v) is 5.44. The number of hydrogen-bond donors (Lipinski definition) is 1. The van der Waals surface area contributed by atoms with Crippen LogP contribution in [0.2, 0.25) is 0 Å². The first kappa shape index (κ1) is 18.5. The number of fused-ring (bicyclic) bond motifs is 2. The Balaban J connectivity index is 1.80. The molecule has 1 saturated heterocycles. The van der Waals surface area contributed by atoms with Crippen molar-refractivity contribution >= 4 is 33.6 Å². The van der Waals surface area contributed by atoms with E-state index in [9.17, 15) is 14.3 Å². The maximum absolute atomic E-state index is 13.7. The van der Waals surface area contributed by atoms with Crippen LogP contribution in [0.3, 0.4) is 0 Å². The van der Waals surface area contributed by atoms with E-state index in [1.54, 1.807) is 18.3 Å². The van der Waals surface area contributed by atoms with Crippen molar-refractivity contribution in [2.24, 2.45) is 0 Å². The van der Waals surface area contributed by atoms with E-state index in [4.69, 9.17) is 4.74 Å². The molecule has 2 aromatic carbocycles. The van der Waals surface area contributed by atoms with Gasteiger partial charge in [0, 0.05) is 36.4 Å². The van der Waals surface area contributed by atoms with Gasteiger partial charge in [-0.15, -0.1) is 0 Å².